The van der Waals surface area contributed by atoms with E-state index in [1.807, 2.05) is 6.92 Å². The minimum absolute atomic E-state index is 0.281. The Morgan fingerprint density at radius 3 is 2.20 bits per heavy atom. The second-order valence-corrected chi connectivity index (χ2v) is 6.57. The summed E-state index contributed by atoms with van der Waals surface area (Å²) in [6, 6.07) is 0. The molecule has 0 unspecified atom stereocenters. The molecule has 0 radical (unpaired) electrons. The average Bonchev–Trinajstić information content (AvgIpc) is 3.18. The van der Waals surface area contributed by atoms with Gasteiger partial charge in [0, 0.05) is 18.0 Å². The lowest BCUT2D eigenvalue weighted by Crippen LogP contribution is -2.23. The van der Waals surface area contributed by atoms with Crippen molar-refractivity contribution in [2.75, 3.05) is 17.3 Å². The van der Waals surface area contributed by atoms with E-state index in [1.54, 1.807) is 0 Å². The van der Waals surface area contributed by atoms with Crippen molar-refractivity contribution in [3.05, 3.63) is 11.4 Å². The predicted octanol–water partition coefficient (Wildman–Crippen LogP) is 3.04. The lowest BCUT2D eigenvalue weighted by Gasteiger charge is -2.22. The Kier molecular flexibility index (Phi) is 4.18. The molecule has 0 amide bonds. The Morgan fingerprint density at radius 2 is 1.75 bits per heavy atom. The van der Waals surface area contributed by atoms with Gasteiger partial charge in [0.15, 0.2) is 0 Å². The fraction of sp³-hybridized carbons (Fsp3) is 0.733. The number of nitrogens with two attached hydrogens (primary N) is 1. The summed E-state index contributed by atoms with van der Waals surface area (Å²) in [6.07, 6.45) is 2.61. The monoisotopic (exact) mass is 277 g/mol. The van der Waals surface area contributed by atoms with E-state index in [4.69, 9.17) is 5.84 Å². The number of hydrazine groups is 1. The molecule has 0 aromatic carbocycles. The van der Waals surface area contributed by atoms with Crippen LogP contribution in [0.5, 0.6) is 0 Å². The third kappa shape index (κ3) is 2.87. The molecule has 0 aliphatic heterocycles. The molecule has 5 nitrogen and oxygen atoms in total. The highest BCUT2D eigenvalue weighted by molar-refractivity contribution is 5.57. The molecule has 1 fully saturated rings. The summed E-state index contributed by atoms with van der Waals surface area (Å²) in [4.78, 5) is 9.11. The first kappa shape index (κ1) is 15.0. The van der Waals surface area contributed by atoms with Gasteiger partial charge in [0.25, 0.3) is 0 Å². The first-order valence-electron chi connectivity index (χ1n) is 7.48. The molecule has 5 heteroatoms. The molecule has 0 bridgehead atoms. The van der Waals surface area contributed by atoms with Crippen LogP contribution in [0.2, 0.25) is 0 Å². The van der Waals surface area contributed by atoms with Crippen molar-refractivity contribution in [3.63, 3.8) is 0 Å². The summed E-state index contributed by atoms with van der Waals surface area (Å²) in [7, 11) is 0. The molecule has 1 aromatic rings. The number of hydrogen-bond acceptors (Lipinski definition) is 5. The lowest BCUT2D eigenvalue weighted by atomic mass is 9.92. The molecule has 112 valence electrons. The van der Waals surface area contributed by atoms with Gasteiger partial charge in [-0.3, -0.25) is 0 Å². The zero-order valence-corrected chi connectivity index (χ0v) is 13.2. The maximum atomic E-state index is 5.56. The number of nitrogen functional groups attached to an aromatic ring is 1. The van der Waals surface area contributed by atoms with Crippen LogP contribution in [0, 0.1) is 18.3 Å². The predicted molar refractivity (Wildman–Crippen MR) is 83.7 cm³/mol. The second-order valence-electron chi connectivity index (χ2n) is 6.57. The minimum atomic E-state index is 0.281. The van der Waals surface area contributed by atoms with Crippen molar-refractivity contribution >= 4 is 11.6 Å². The summed E-state index contributed by atoms with van der Waals surface area (Å²) < 4.78 is 0. The Labute approximate surface area is 121 Å². The first-order valence-corrected chi connectivity index (χ1v) is 7.48. The van der Waals surface area contributed by atoms with Crippen LogP contribution in [0.25, 0.3) is 0 Å². The zero-order chi connectivity index (χ0) is 14.9. The molecule has 1 aliphatic rings. The molecule has 2 rings (SSSR count). The number of nitrogens with one attached hydrogen (secondary N) is 2. The van der Waals surface area contributed by atoms with Gasteiger partial charge >= 0.3 is 0 Å². The van der Waals surface area contributed by atoms with Gasteiger partial charge < -0.3 is 10.7 Å². The van der Waals surface area contributed by atoms with Gasteiger partial charge in [-0.2, -0.15) is 0 Å². The summed E-state index contributed by atoms with van der Waals surface area (Å²) in [5.74, 6) is 8.98. The van der Waals surface area contributed by atoms with Crippen molar-refractivity contribution in [1.82, 2.24) is 9.97 Å². The summed E-state index contributed by atoms with van der Waals surface area (Å²) in [6.45, 7) is 11.7. The van der Waals surface area contributed by atoms with Gasteiger partial charge in [-0.1, -0.05) is 27.7 Å². The molecule has 4 N–H and O–H groups in total. The Morgan fingerprint density at radius 1 is 1.15 bits per heavy atom. The van der Waals surface area contributed by atoms with E-state index in [0.29, 0.717) is 17.2 Å². The quantitative estimate of drug-likeness (QED) is 0.550. The van der Waals surface area contributed by atoms with Crippen molar-refractivity contribution in [2.24, 2.45) is 17.2 Å². The van der Waals surface area contributed by atoms with Gasteiger partial charge in [-0.05, 0) is 31.1 Å². The Balaban J connectivity index is 2.20. The van der Waals surface area contributed by atoms with Gasteiger partial charge in [-0.25, -0.2) is 15.8 Å². The fourth-order valence-corrected chi connectivity index (χ4v) is 2.48. The van der Waals surface area contributed by atoms with E-state index in [0.717, 1.165) is 23.8 Å². The van der Waals surface area contributed by atoms with E-state index in [1.165, 1.54) is 12.8 Å². The third-order valence-corrected chi connectivity index (χ3v) is 4.54. The van der Waals surface area contributed by atoms with E-state index in [-0.39, 0.29) is 5.92 Å². The second kappa shape index (κ2) is 5.56. The van der Waals surface area contributed by atoms with Gasteiger partial charge in [0.2, 0.25) is 0 Å². The molecular weight excluding hydrogens is 250 g/mol. The number of nitrogens with zero attached hydrogens (tertiary/aromatic N) is 2. The number of aromatic nitrogens is 2. The van der Waals surface area contributed by atoms with Gasteiger partial charge in [0.05, 0.1) is 0 Å². The average molecular weight is 277 g/mol. The normalized spacial score (nSPS) is 16.6. The molecular formula is C15H27N5. The highest BCUT2D eigenvalue weighted by atomic mass is 15.3. The number of anilines is 2. The molecule has 20 heavy (non-hydrogen) atoms. The van der Waals surface area contributed by atoms with E-state index in [2.05, 4.69) is 48.4 Å². The fourth-order valence-electron chi connectivity index (χ4n) is 2.48. The molecule has 1 saturated carbocycles. The Bertz CT molecular complexity index is 477. The number of rotatable bonds is 6. The summed E-state index contributed by atoms with van der Waals surface area (Å²) in [5, 5.41) is 3.52. The maximum absolute atomic E-state index is 5.56. The van der Waals surface area contributed by atoms with Crippen LogP contribution in [-0.4, -0.2) is 16.5 Å². The molecule has 1 aliphatic carbocycles. The van der Waals surface area contributed by atoms with Crippen molar-refractivity contribution in [2.45, 2.75) is 53.4 Å². The van der Waals surface area contributed by atoms with Gasteiger partial charge in [0.1, 0.15) is 17.5 Å². The zero-order valence-electron chi connectivity index (χ0n) is 13.2. The smallest absolute Gasteiger partial charge is 0.148 e. The SMILES string of the molecule is Cc1c(NN)nc(C(C)C)nc1NCC1(C(C)C)CC1. The van der Waals surface area contributed by atoms with Gasteiger partial charge in [-0.15, -0.1) is 0 Å². The van der Waals surface area contributed by atoms with E-state index >= 15 is 0 Å². The highest BCUT2D eigenvalue weighted by Crippen LogP contribution is 2.51. The standard InChI is InChI=1S/C15H27N5/c1-9(2)12-18-13(11(5)14(19-12)20-16)17-8-15(6-7-15)10(3)4/h9-10H,6-8,16H2,1-5H3,(H2,17,18,19,20). The van der Waals surface area contributed by atoms with Crippen LogP contribution in [0.3, 0.4) is 0 Å². The summed E-state index contributed by atoms with van der Waals surface area (Å²) >= 11 is 0. The molecule has 0 atom stereocenters. The maximum Gasteiger partial charge on any atom is 0.148 e. The highest BCUT2D eigenvalue weighted by Gasteiger charge is 2.45. The molecule has 1 aromatic heterocycles. The largest absolute Gasteiger partial charge is 0.369 e. The van der Waals surface area contributed by atoms with Crippen molar-refractivity contribution in [3.8, 4) is 0 Å². The minimum Gasteiger partial charge on any atom is -0.369 e. The third-order valence-electron chi connectivity index (χ3n) is 4.54. The Hall–Kier alpha value is -1.36. The van der Waals surface area contributed by atoms with E-state index < -0.39 is 0 Å². The van der Waals surface area contributed by atoms with Crippen LogP contribution in [0.15, 0.2) is 0 Å². The first-order chi connectivity index (χ1) is 9.39. The van der Waals surface area contributed by atoms with Crippen LogP contribution < -0.4 is 16.6 Å². The van der Waals surface area contributed by atoms with Crippen molar-refractivity contribution in [1.29, 1.82) is 0 Å². The molecule has 0 saturated heterocycles. The van der Waals surface area contributed by atoms with Crippen LogP contribution >= 0.6 is 0 Å². The number of hydrogen-bond donors (Lipinski definition) is 3. The molecule has 0 spiro atoms. The van der Waals surface area contributed by atoms with Crippen LogP contribution in [0.1, 0.15) is 57.8 Å². The lowest BCUT2D eigenvalue weighted by molar-refractivity contribution is 0.379. The van der Waals surface area contributed by atoms with E-state index in [9.17, 15) is 0 Å². The van der Waals surface area contributed by atoms with Crippen molar-refractivity contribution < 1.29 is 0 Å². The topological polar surface area (TPSA) is 75.9 Å². The molecule has 1 heterocycles. The van der Waals surface area contributed by atoms with Crippen LogP contribution in [-0.2, 0) is 0 Å². The van der Waals surface area contributed by atoms with Crippen LogP contribution in [0.4, 0.5) is 11.6 Å². The summed E-state index contributed by atoms with van der Waals surface area (Å²) in [5.41, 5.74) is 4.11.